The van der Waals surface area contributed by atoms with E-state index in [1.165, 1.54) is 7.11 Å². The molecule has 1 aromatic heterocycles. The van der Waals surface area contributed by atoms with Gasteiger partial charge in [0.2, 0.25) is 0 Å². The van der Waals surface area contributed by atoms with Gasteiger partial charge in [0.25, 0.3) is 0 Å². The summed E-state index contributed by atoms with van der Waals surface area (Å²) in [6.07, 6.45) is 0. The summed E-state index contributed by atoms with van der Waals surface area (Å²) >= 11 is 1.62. The highest BCUT2D eigenvalue weighted by Crippen LogP contribution is 2.09. The first kappa shape index (κ1) is 10.4. The van der Waals surface area contributed by atoms with Crippen LogP contribution in [0.3, 0.4) is 0 Å². The molecule has 1 rings (SSSR count). The zero-order valence-electron chi connectivity index (χ0n) is 7.49. The van der Waals surface area contributed by atoms with E-state index in [9.17, 15) is 4.79 Å². The quantitative estimate of drug-likeness (QED) is 0.697. The first-order chi connectivity index (χ1) is 6.33. The number of methoxy groups -OCH3 is 1. The van der Waals surface area contributed by atoms with Crippen molar-refractivity contribution in [3.8, 4) is 0 Å². The Kier molecular flexibility index (Phi) is 4.67. The molecule has 0 fully saturated rings. The molecule has 0 amide bonds. The molecular formula is C9H12O3S. The molecule has 0 N–H and O–H groups in total. The van der Waals surface area contributed by atoms with Crippen LogP contribution in [-0.2, 0) is 20.9 Å². The van der Waals surface area contributed by atoms with Crippen molar-refractivity contribution in [3.63, 3.8) is 0 Å². The van der Waals surface area contributed by atoms with Gasteiger partial charge < -0.3 is 9.47 Å². The van der Waals surface area contributed by atoms with Crippen LogP contribution in [0.2, 0.25) is 0 Å². The number of thiophene rings is 1. The molecule has 0 aliphatic rings. The van der Waals surface area contributed by atoms with Crippen LogP contribution in [0, 0.1) is 0 Å². The van der Waals surface area contributed by atoms with Crippen molar-refractivity contribution in [2.75, 3.05) is 20.3 Å². The van der Waals surface area contributed by atoms with E-state index in [1.54, 1.807) is 11.3 Å². The molecule has 1 aromatic rings. The van der Waals surface area contributed by atoms with Crippen molar-refractivity contribution in [3.05, 3.63) is 22.4 Å². The lowest BCUT2D eigenvalue weighted by atomic mass is 10.4. The number of hydrogen-bond acceptors (Lipinski definition) is 4. The summed E-state index contributed by atoms with van der Waals surface area (Å²) in [5, 5.41) is 1.98. The van der Waals surface area contributed by atoms with E-state index < -0.39 is 0 Å². The molecule has 0 saturated heterocycles. The van der Waals surface area contributed by atoms with Crippen molar-refractivity contribution in [1.29, 1.82) is 0 Å². The molecule has 0 aliphatic carbocycles. The minimum absolute atomic E-state index is 0.0287. The molecule has 4 heteroatoms. The molecule has 0 saturated carbocycles. The maximum Gasteiger partial charge on any atom is 0.183 e. The van der Waals surface area contributed by atoms with Gasteiger partial charge in [-0.15, -0.1) is 11.3 Å². The summed E-state index contributed by atoms with van der Waals surface area (Å²) in [7, 11) is 1.50. The number of hydrogen-bond donors (Lipinski definition) is 0. The van der Waals surface area contributed by atoms with Gasteiger partial charge in [-0.25, -0.2) is 0 Å². The average Bonchev–Trinajstić information content (AvgIpc) is 2.57. The molecule has 72 valence electrons. The Balaban J connectivity index is 2.11. The fourth-order valence-electron chi connectivity index (χ4n) is 0.863. The van der Waals surface area contributed by atoms with Gasteiger partial charge in [-0.2, -0.15) is 0 Å². The summed E-state index contributed by atoms with van der Waals surface area (Å²) in [4.78, 5) is 12.1. The number of Topliss-reactive ketones (excluding diaryl/α,β-unsaturated/α-hetero) is 1. The Morgan fingerprint density at radius 3 is 3.00 bits per heavy atom. The minimum atomic E-state index is -0.0287. The lowest BCUT2D eigenvalue weighted by molar-refractivity contribution is -0.127. The fraction of sp³-hybridized carbons (Fsp3) is 0.444. The highest BCUT2D eigenvalue weighted by atomic mass is 32.1. The van der Waals surface area contributed by atoms with Crippen LogP contribution in [0.5, 0.6) is 0 Å². The number of ether oxygens (including phenoxy) is 2. The van der Waals surface area contributed by atoms with Gasteiger partial charge in [0.15, 0.2) is 5.78 Å². The highest BCUT2D eigenvalue weighted by Gasteiger charge is 2.01. The predicted molar refractivity (Wildman–Crippen MR) is 50.9 cm³/mol. The SMILES string of the molecule is COCC(=O)COCc1cccs1. The molecule has 0 radical (unpaired) electrons. The Hall–Kier alpha value is -0.710. The van der Waals surface area contributed by atoms with Gasteiger partial charge in [0.1, 0.15) is 13.2 Å². The predicted octanol–water partition coefficient (Wildman–Crippen LogP) is 1.48. The Bertz CT molecular complexity index is 243. The topological polar surface area (TPSA) is 35.5 Å². The van der Waals surface area contributed by atoms with Crippen molar-refractivity contribution in [2.45, 2.75) is 6.61 Å². The lowest BCUT2D eigenvalue weighted by Crippen LogP contribution is -2.13. The largest absolute Gasteiger partial charge is 0.377 e. The van der Waals surface area contributed by atoms with E-state index in [0.29, 0.717) is 6.61 Å². The number of ketones is 1. The van der Waals surface area contributed by atoms with Crippen LogP contribution in [0.25, 0.3) is 0 Å². The standard InChI is InChI=1S/C9H12O3S/c1-11-5-8(10)6-12-7-9-3-2-4-13-9/h2-4H,5-7H2,1H3. The van der Waals surface area contributed by atoms with Gasteiger partial charge in [0, 0.05) is 12.0 Å². The summed E-state index contributed by atoms with van der Waals surface area (Å²) in [5.74, 6) is -0.0287. The number of carbonyl (C=O) groups is 1. The minimum Gasteiger partial charge on any atom is -0.377 e. The first-order valence-electron chi connectivity index (χ1n) is 3.93. The fourth-order valence-corrected chi connectivity index (χ4v) is 1.50. The van der Waals surface area contributed by atoms with E-state index in [4.69, 9.17) is 4.74 Å². The monoisotopic (exact) mass is 200 g/mol. The third-order valence-electron chi connectivity index (χ3n) is 1.39. The molecule has 3 nitrogen and oxygen atoms in total. The smallest absolute Gasteiger partial charge is 0.183 e. The first-order valence-corrected chi connectivity index (χ1v) is 4.81. The maximum atomic E-state index is 10.9. The third kappa shape index (κ3) is 4.17. The summed E-state index contributed by atoms with van der Waals surface area (Å²) < 4.78 is 9.84. The average molecular weight is 200 g/mol. The second-order valence-electron chi connectivity index (χ2n) is 2.54. The van der Waals surface area contributed by atoms with Gasteiger partial charge in [0.05, 0.1) is 6.61 Å². The maximum absolute atomic E-state index is 10.9. The molecule has 0 bridgehead atoms. The molecule has 13 heavy (non-hydrogen) atoms. The second kappa shape index (κ2) is 5.85. The van der Waals surface area contributed by atoms with Crippen molar-refractivity contribution in [2.24, 2.45) is 0 Å². The third-order valence-corrected chi connectivity index (χ3v) is 2.24. The second-order valence-corrected chi connectivity index (χ2v) is 3.58. The van der Waals surface area contributed by atoms with Crippen molar-refractivity contribution < 1.29 is 14.3 Å². The Labute approximate surface area is 81.3 Å². The van der Waals surface area contributed by atoms with E-state index in [0.717, 1.165) is 4.88 Å². The molecule has 1 heterocycles. The Morgan fingerprint density at radius 1 is 1.54 bits per heavy atom. The van der Waals surface area contributed by atoms with Gasteiger partial charge in [-0.1, -0.05) is 6.07 Å². The van der Waals surface area contributed by atoms with Crippen LogP contribution < -0.4 is 0 Å². The van der Waals surface area contributed by atoms with Gasteiger partial charge in [-0.05, 0) is 11.4 Å². The van der Waals surface area contributed by atoms with Crippen molar-refractivity contribution in [1.82, 2.24) is 0 Å². The summed E-state index contributed by atoms with van der Waals surface area (Å²) in [6, 6.07) is 3.94. The molecule has 0 unspecified atom stereocenters. The molecule has 0 atom stereocenters. The molecule has 0 aromatic carbocycles. The van der Waals surface area contributed by atoms with E-state index in [1.807, 2.05) is 17.5 Å². The van der Waals surface area contributed by atoms with Crippen LogP contribution in [0.15, 0.2) is 17.5 Å². The highest BCUT2D eigenvalue weighted by molar-refractivity contribution is 7.09. The molecule has 0 spiro atoms. The van der Waals surface area contributed by atoms with E-state index in [2.05, 4.69) is 4.74 Å². The summed E-state index contributed by atoms with van der Waals surface area (Å²) in [6.45, 7) is 0.767. The van der Waals surface area contributed by atoms with E-state index in [-0.39, 0.29) is 19.0 Å². The van der Waals surface area contributed by atoms with Gasteiger partial charge >= 0.3 is 0 Å². The van der Waals surface area contributed by atoms with E-state index >= 15 is 0 Å². The number of rotatable bonds is 6. The Morgan fingerprint density at radius 2 is 2.38 bits per heavy atom. The van der Waals surface area contributed by atoms with Crippen LogP contribution in [0.4, 0.5) is 0 Å². The van der Waals surface area contributed by atoms with Crippen molar-refractivity contribution >= 4 is 17.1 Å². The zero-order chi connectivity index (χ0) is 9.52. The lowest BCUT2D eigenvalue weighted by Gasteiger charge is -2.00. The molecular weight excluding hydrogens is 188 g/mol. The van der Waals surface area contributed by atoms with Gasteiger partial charge in [-0.3, -0.25) is 4.79 Å². The zero-order valence-corrected chi connectivity index (χ0v) is 8.30. The number of carbonyl (C=O) groups excluding carboxylic acids is 1. The van der Waals surface area contributed by atoms with Crippen LogP contribution >= 0.6 is 11.3 Å². The molecule has 0 aliphatic heterocycles. The summed E-state index contributed by atoms with van der Waals surface area (Å²) in [5.41, 5.74) is 0. The van der Waals surface area contributed by atoms with Crippen LogP contribution in [-0.4, -0.2) is 26.1 Å². The van der Waals surface area contributed by atoms with Crippen LogP contribution in [0.1, 0.15) is 4.88 Å². The normalized spacial score (nSPS) is 10.2.